The second-order valence-corrected chi connectivity index (χ2v) is 8.35. The molecule has 3 fully saturated rings. The van der Waals surface area contributed by atoms with Gasteiger partial charge in [0.1, 0.15) is 5.60 Å². The lowest BCUT2D eigenvalue weighted by molar-refractivity contribution is -0.146. The molecule has 0 aromatic carbocycles. The number of nitrogens with zero attached hydrogens (tertiary/aromatic N) is 2. The second kappa shape index (κ2) is 5.08. The fourth-order valence-electron chi connectivity index (χ4n) is 4.74. The van der Waals surface area contributed by atoms with Gasteiger partial charge in [0.05, 0.1) is 40.4 Å². The number of halogens is 2. The zero-order valence-electron chi connectivity index (χ0n) is 13.6. The molecular weight excluding hydrogens is 367 g/mol. The van der Waals surface area contributed by atoms with E-state index in [1.54, 1.807) is 13.8 Å². The van der Waals surface area contributed by atoms with Crippen molar-refractivity contribution in [1.82, 2.24) is 4.90 Å². The Balaban J connectivity index is 1.77. The van der Waals surface area contributed by atoms with Crippen LogP contribution in [-0.4, -0.2) is 49.9 Å². The van der Waals surface area contributed by atoms with Crippen LogP contribution in [0.4, 0.5) is 0 Å². The van der Waals surface area contributed by atoms with Gasteiger partial charge < -0.3 is 9.84 Å². The number of fused-ring (bicyclic) bond motifs is 5. The normalized spacial score (nSPS) is 48.3. The number of rotatable bonds is 1. The van der Waals surface area contributed by atoms with Crippen LogP contribution in [0.25, 0.3) is 0 Å². The number of hydrogen-bond acceptors (Lipinski definition) is 5. The third-order valence-corrected chi connectivity index (χ3v) is 7.04. The highest BCUT2D eigenvalue weighted by Gasteiger charge is 2.76. The summed E-state index contributed by atoms with van der Waals surface area (Å²) >= 11 is 12.5. The average molecular weight is 383 g/mol. The van der Waals surface area contributed by atoms with E-state index in [9.17, 15) is 14.7 Å². The van der Waals surface area contributed by atoms with Gasteiger partial charge in [0, 0.05) is 17.7 Å². The van der Waals surface area contributed by atoms with Crippen molar-refractivity contribution in [3.63, 3.8) is 0 Å². The zero-order valence-corrected chi connectivity index (χ0v) is 15.1. The summed E-state index contributed by atoms with van der Waals surface area (Å²) in [5, 5.41) is 17.7. The van der Waals surface area contributed by atoms with E-state index in [-0.39, 0.29) is 17.2 Å². The summed E-state index contributed by atoms with van der Waals surface area (Å²) in [5.74, 6) is -2.24. The molecule has 3 saturated heterocycles. The first-order valence-electron chi connectivity index (χ1n) is 8.02. The predicted octanol–water partition coefficient (Wildman–Crippen LogP) is 1.46. The maximum absolute atomic E-state index is 13.1. The van der Waals surface area contributed by atoms with E-state index in [0.29, 0.717) is 6.42 Å². The number of allylic oxidation sites excluding steroid dienone is 4. The number of imide groups is 1. The van der Waals surface area contributed by atoms with Crippen molar-refractivity contribution in [2.75, 3.05) is 0 Å². The molecular formula is C17H16Cl2N2O4. The lowest BCUT2D eigenvalue weighted by atomic mass is 9.67. The van der Waals surface area contributed by atoms with Crippen LogP contribution in [0.1, 0.15) is 20.3 Å². The number of aliphatic hydroxyl groups is 1. The van der Waals surface area contributed by atoms with Crippen LogP contribution >= 0.6 is 23.2 Å². The van der Waals surface area contributed by atoms with E-state index >= 15 is 0 Å². The minimum absolute atomic E-state index is 0.270. The van der Waals surface area contributed by atoms with Crippen molar-refractivity contribution in [3.8, 4) is 6.07 Å². The summed E-state index contributed by atoms with van der Waals surface area (Å²) in [4.78, 5) is 27.2. The predicted molar refractivity (Wildman–Crippen MR) is 88.4 cm³/mol. The van der Waals surface area contributed by atoms with E-state index in [1.807, 2.05) is 6.07 Å². The minimum Gasteiger partial charge on any atom is -0.390 e. The number of ether oxygens (including phenoxy) is 1. The maximum atomic E-state index is 13.1. The van der Waals surface area contributed by atoms with Crippen molar-refractivity contribution >= 4 is 35.0 Å². The molecule has 25 heavy (non-hydrogen) atoms. The van der Waals surface area contributed by atoms with Crippen molar-refractivity contribution in [2.24, 2.45) is 11.8 Å². The first kappa shape index (κ1) is 17.0. The van der Waals surface area contributed by atoms with Gasteiger partial charge in [0.2, 0.25) is 11.8 Å². The summed E-state index contributed by atoms with van der Waals surface area (Å²) in [6.07, 6.45) is 2.46. The Bertz CT molecular complexity index is 803. The molecule has 0 radical (unpaired) electrons. The Morgan fingerprint density at radius 1 is 1.24 bits per heavy atom. The standard InChI is InChI=1S/C17H16Cl2N2O4/c1-16-5-9(22)17(2,25-16)11-10(16)14(23)21(15(11)24)8-4-3-7(6-20)12(18)13(8)19/h3-4,9-13,22H,5H2,1-2H3/t9-,10+,11-,12?,13?,16+,17-/m0/s1. The zero-order chi connectivity index (χ0) is 18.3. The molecule has 4 aliphatic rings. The van der Waals surface area contributed by atoms with E-state index in [2.05, 4.69) is 0 Å². The molecule has 1 N–H and O–H groups in total. The molecule has 2 bridgehead atoms. The van der Waals surface area contributed by atoms with Gasteiger partial charge in [0.15, 0.2) is 0 Å². The number of aliphatic hydroxyl groups excluding tert-OH is 1. The highest BCUT2D eigenvalue weighted by molar-refractivity contribution is 6.33. The highest BCUT2D eigenvalue weighted by Crippen LogP contribution is 2.61. The lowest BCUT2D eigenvalue weighted by Crippen LogP contribution is -2.49. The van der Waals surface area contributed by atoms with E-state index in [4.69, 9.17) is 33.2 Å². The third-order valence-electron chi connectivity index (χ3n) is 5.95. The van der Waals surface area contributed by atoms with Gasteiger partial charge in [0.25, 0.3) is 0 Å². The quantitative estimate of drug-likeness (QED) is 0.547. The van der Waals surface area contributed by atoms with Crippen LogP contribution in [-0.2, 0) is 14.3 Å². The average Bonchev–Trinajstić information content (AvgIpc) is 3.05. The summed E-state index contributed by atoms with van der Waals surface area (Å²) in [6.45, 7) is 3.43. The summed E-state index contributed by atoms with van der Waals surface area (Å²) in [5.41, 5.74) is -1.43. The Kier molecular flexibility index (Phi) is 3.46. The smallest absolute Gasteiger partial charge is 0.240 e. The van der Waals surface area contributed by atoms with Gasteiger partial charge in [-0.1, -0.05) is 0 Å². The summed E-state index contributed by atoms with van der Waals surface area (Å²) in [7, 11) is 0. The largest absolute Gasteiger partial charge is 0.390 e. The van der Waals surface area contributed by atoms with Crippen molar-refractivity contribution in [1.29, 1.82) is 5.26 Å². The third kappa shape index (κ3) is 1.93. The maximum Gasteiger partial charge on any atom is 0.240 e. The number of alkyl halides is 2. The first-order chi connectivity index (χ1) is 11.7. The molecule has 0 saturated carbocycles. The first-order valence-corrected chi connectivity index (χ1v) is 8.89. The molecule has 2 unspecified atom stereocenters. The Hall–Kier alpha value is -1.39. The molecule has 0 aromatic rings. The van der Waals surface area contributed by atoms with Gasteiger partial charge in [-0.3, -0.25) is 14.5 Å². The molecule has 8 heteroatoms. The molecule has 0 spiro atoms. The van der Waals surface area contributed by atoms with E-state index in [0.717, 1.165) is 4.90 Å². The molecule has 3 aliphatic heterocycles. The summed E-state index contributed by atoms with van der Waals surface area (Å²) < 4.78 is 5.93. The van der Waals surface area contributed by atoms with Gasteiger partial charge in [-0.2, -0.15) is 5.26 Å². The SMILES string of the molecule is C[C@]12O[C@](C)(C[C@@H]1O)[C@H]1C(=O)N(C3=CC=C(C#N)C(Cl)C3Cl)C(=O)[C@H]12. The summed E-state index contributed by atoms with van der Waals surface area (Å²) in [6, 6.07) is 1.96. The van der Waals surface area contributed by atoms with E-state index < -0.39 is 45.8 Å². The molecule has 4 rings (SSSR count). The van der Waals surface area contributed by atoms with Gasteiger partial charge in [-0.25, -0.2) is 0 Å². The van der Waals surface area contributed by atoms with Crippen LogP contribution in [0, 0.1) is 23.2 Å². The van der Waals surface area contributed by atoms with Crippen LogP contribution < -0.4 is 0 Å². The fraction of sp³-hybridized carbons (Fsp3) is 0.588. The number of likely N-dealkylation sites (tertiary alicyclic amines) is 1. The monoisotopic (exact) mass is 382 g/mol. The van der Waals surface area contributed by atoms with Gasteiger partial charge >= 0.3 is 0 Å². The minimum atomic E-state index is -1.09. The van der Waals surface area contributed by atoms with Crippen LogP contribution in [0.15, 0.2) is 23.4 Å². The molecule has 6 nitrogen and oxygen atoms in total. The van der Waals surface area contributed by atoms with Crippen molar-refractivity contribution < 1.29 is 19.4 Å². The number of hydrogen-bond donors (Lipinski definition) is 1. The Morgan fingerprint density at radius 3 is 2.52 bits per heavy atom. The number of carbonyl (C=O) groups is 2. The number of amides is 2. The van der Waals surface area contributed by atoms with Crippen molar-refractivity contribution in [3.05, 3.63) is 23.4 Å². The molecule has 3 heterocycles. The van der Waals surface area contributed by atoms with Crippen LogP contribution in [0.5, 0.6) is 0 Å². The number of nitriles is 1. The Labute approximate surface area is 154 Å². The van der Waals surface area contributed by atoms with Gasteiger partial charge in [-0.15, -0.1) is 23.2 Å². The fourth-order valence-corrected chi connectivity index (χ4v) is 5.30. The molecule has 1 aliphatic carbocycles. The van der Waals surface area contributed by atoms with Crippen molar-refractivity contribution in [2.45, 2.75) is 48.3 Å². The topological polar surface area (TPSA) is 90.6 Å². The molecule has 2 amide bonds. The number of carbonyl (C=O) groups excluding carboxylic acids is 2. The molecule has 7 atom stereocenters. The highest BCUT2D eigenvalue weighted by atomic mass is 35.5. The molecule has 132 valence electrons. The van der Waals surface area contributed by atoms with E-state index in [1.165, 1.54) is 12.2 Å². The molecule has 0 aromatic heterocycles. The Morgan fingerprint density at radius 2 is 1.88 bits per heavy atom. The lowest BCUT2D eigenvalue weighted by Gasteiger charge is -2.32. The van der Waals surface area contributed by atoms with Crippen LogP contribution in [0.3, 0.4) is 0 Å². The van der Waals surface area contributed by atoms with Crippen LogP contribution in [0.2, 0.25) is 0 Å². The van der Waals surface area contributed by atoms with Gasteiger partial charge in [-0.05, 0) is 26.0 Å². The second-order valence-electron chi connectivity index (χ2n) is 7.41.